The maximum absolute atomic E-state index is 12.4. The van der Waals surface area contributed by atoms with Crippen LogP contribution in [0.3, 0.4) is 0 Å². The highest BCUT2D eigenvalue weighted by Crippen LogP contribution is 2.43. The first kappa shape index (κ1) is 20.1. The van der Waals surface area contributed by atoms with Gasteiger partial charge in [0.05, 0.1) is 16.4 Å². The van der Waals surface area contributed by atoms with Crippen LogP contribution in [0.15, 0.2) is 54.6 Å². The highest BCUT2D eigenvalue weighted by atomic mass is 16.5. The Morgan fingerprint density at radius 3 is 2.53 bits per heavy atom. The van der Waals surface area contributed by atoms with Gasteiger partial charge in [-0.25, -0.2) is 4.79 Å². The van der Waals surface area contributed by atoms with Gasteiger partial charge in [-0.05, 0) is 60.6 Å². The molecular formula is C26H24N2O4. The normalized spacial score (nSPS) is 13.2. The number of carboxylic acids is 1. The third kappa shape index (κ3) is 3.38. The number of aromatic nitrogens is 1. The summed E-state index contributed by atoms with van der Waals surface area (Å²) in [5, 5.41) is 10.7. The Bertz CT molecular complexity index is 1360. The zero-order valence-corrected chi connectivity index (χ0v) is 17.6. The van der Waals surface area contributed by atoms with E-state index in [1.54, 1.807) is 6.07 Å². The molecule has 6 nitrogen and oxygen atoms in total. The van der Waals surface area contributed by atoms with Crippen LogP contribution in [0.5, 0.6) is 5.75 Å². The van der Waals surface area contributed by atoms with Crippen LogP contribution in [0.2, 0.25) is 0 Å². The molecule has 1 aromatic heterocycles. The van der Waals surface area contributed by atoms with Crippen molar-refractivity contribution in [2.75, 3.05) is 6.61 Å². The van der Waals surface area contributed by atoms with E-state index in [0.29, 0.717) is 17.9 Å². The van der Waals surface area contributed by atoms with E-state index in [9.17, 15) is 14.7 Å². The van der Waals surface area contributed by atoms with Gasteiger partial charge in [0.25, 0.3) is 0 Å². The van der Waals surface area contributed by atoms with Crippen molar-refractivity contribution in [3.8, 4) is 5.75 Å². The van der Waals surface area contributed by atoms with E-state index in [1.807, 2.05) is 36.4 Å². The summed E-state index contributed by atoms with van der Waals surface area (Å²) in [5.41, 5.74) is 11.6. The topological polar surface area (TPSA) is 94.6 Å². The van der Waals surface area contributed by atoms with Gasteiger partial charge in [0, 0.05) is 17.5 Å². The zero-order valence-electron chi connectivity index (χ0n) is 17.6. The summed E-state index contributed by atoms with van der Waals surface area (Å²) in [6.07, 6.45) is 4.03. The molecule has 0 aliphatic heterocycles. The van der Waals surface area contributed by atoms with Crippen LogP contribution in [-0.2, 0) is 24.2 Å². The Morgan fingerprint density at radius 2 is 1.78 bits per heavy atom. The van der Waals surface area contributed by atoms with Gasteiger partial charge in [0.15, 0.2) is 6.61 Å². The molecule has 0 radical (unpaired) electrons. The Hall–Kier alpha value is -3.80. The molecule has 0 fully saturated rings. The molecule has 1 aliphatic carbocycles. The van der Waals surface area contributed by atoms with Crippen LogP contribution in [0.4, 0.5) is 0 Å². The molecule has 3 N–H and O–H groups in total. The molecular weight excluding hydrogens is 404 g/mol. The zero-order chi connectivity index (χ0) is 22.2. The number of benzene rings is 3. The van der Waals surface area contributed by atoms with Crippen LogP contribution < -0.4 is 10.5 Å². The molecule has 5 rings (SSSR count). The Labute approximate surface area is 185 Å². The average Bonchev–Trinajstić information content (AvgIpc) is 3.13. The lowest BCUT2D eigenvalue weighted by atomic mass is 9.89. The molecule has 162 valence electrons. The van der Waals surface area contributed by atoms with Crippen molar-refractivity contribution in [2.24, 2.45) is 5.73 Å². The van der Waals surface area contributed by atoms with E-state index in [2.05, 4.69) is 16.7 Å². The lowest BCUT2D eigenvalue weighted by Gasteiger charge is -2.21. The van der Waals surface area contributed by atoms with Gasteiger partial charge < -0.3 is 20.1 Å². The van der Waals surface area contributed by atoms with E-state index < -0.39 is 18.5 Å². The number of aliphatic carboxylic acids is 1. The molecule has 32 heavy (non-hydrogen) atoms. The average molecular weight is 428 g/mol. The van der Waals surface area contributed by atoms with Crippen molar-refractivity contribution in [1.82, 2.24) is 4.57 Å². The molecule has 0 spiro atoms. The first-order valence-corrected chi connectivity index (χ1v) is 10.8. The van der Waals surface area contributed by atoms with Crippen molar-refractivity contribution in [3.05, 3.63) is 76.9 Å². The Morgan fingerprint density at radius 1 is 1.00 bits per heavy atom. The van der Waals surface area contributed by atoms with Gasteiger partial charge in [-0.15, -0.1) is 0 Å². The first-order chi connectivity index (χ1) is 15.5. The van der Waals surface area contributed by atoms with Crippen molar-refractivity contribution in [3.63, 3.8) is 0 Å². The van der Waals surface area contributed by atoms with Crippen LogP contribution >= 0.6 is 0 Å². The fraction of sp³-hybridized carbons (Fsp3) is 0.231. The van der Waals surface area contributed by atoms with Crippen LogP contribution in [-0.4, -0.2) is 28.2 Å². The predicted molar refractivity (Wildman–Crippen MR) is 123 cm³/mol. The number of primary amides is 1. The standard InChI is InChI=1S/C26H24N2O4/c27-26(31)19-11-6-12-20-23(19)24-21(32-15-22(29)30)13-17-9-4-5-10-18(17)25(24)28(20)14-16-7-2-1-3-8-16/h1-3,6-8,11-13H,4-5,9-10,14-15H2,(H2,27,31)(H,29,30). The number of aryl methyl sites for hydroxylation is 2. The molecule has 6 heteroatoms. The molecule has 0 atom stereocenters. The minimum Gasteiger partial charge on any atom is -0.481 e. The monoisotopic (exact) mass is 428 g/mol. The fourth-order valence-corrected chi connectivity index (χ4v) is 4.93. The molecule has 4 aromatic rings. The van der Waals surface area contributed by atoms with E-state index in [-0.39, 0.29) is 0 Å². The highest BCUT2D eigenvalue weighted by Gasteiger charge is 2.25. The second-order valence-electron chi connectivity index (χ2n) is 8.26. The SMILES string of the molecule is NC(=O)c1cccc2c1c1c(OCC(=O)O)cc3c(c1n2Cc1ccccc1)CCCC3. The summed E-state index contributed by atoms with van der Waals surface area (Å²) < 4.78 is 8.01. The molecule has 1 heterocycles. The second-order valence-corrected chi connectivity index (χ2v) is 8.26. The molecule has 0 unspecified atom stereocenters. The van der Waals surface area contributed by atoms with Crippen LogP contribution in [0.25, 0.3) is 21.8 Å². The molecule has 0 saturated carbocycles. The minimum atomic E-state index is -1.04. The molecule has 0 saturated heterocycles. The summed E-state index contributed by atoms with van der Waals surface area (Å²) in [6.45, 7) is 0.176. The van der Waals surface area contributed by atoms with Gasteiger partial charge in [0.2, 0.25) is 5.91 Å². The van der Waals surface area contributed by atoms with Crippen LogP contribution in [0.1, 0.15) is 39.9 Å². The molecule has 1 aliphatic rings. The molecule has 1 amide bonds. The van der Waals surface area contributed by atoms with E-state index in [1.165, 1.54) is 11.1 Å². The smallest absolute Gasteiger partial charge is 0.341 e. The maximum atomic E-state index is 12.4. The van der Waals surface area contributed by atoms with Gasteiger partial charge >= 0.3 is 5.97 Å². The first-order valence-electron chi connectivity index (χ1n) is 10.8. The van der Waals surface area contributed by atoms with Gasteiger partial charge in [-0.2, -0.15) is 0 Å². The van der Waals surface area contributed by atoms with E-state index in [4.69, 9.17) is 10.5 Å². The summed E-state index contributed by atoms with van der Waals surface area (Å²) in [7, 11) is 0. The highest BCUT2D eigenvalue weighted by molar-refractivity contribution is 6.20. The van der Waals surface area contributed by atoms with E-state index >= 15 is 0 Å². The Balaban J connectivity index is 1.90. The number of hydrogen-bond acceptors (Lipinski definition) is 3. The maximum Gasteiger partial charge on any atom is 0.341 e. The van der Waals surface area contributed by atoms with Crippen molar-refractivity contribution in [1.29, 1.82) is 0 Å². The lowest BCUT2D eigenvalue weighted by molar-refractivity contribution is -0.139. The van der Waals surface area contributed by atoms with Crippen molar-refractivity contribution < 1.29 is 19.4 Å². The quantitative estimate of drug-likeness (QED) is 0.479. The predicted octanol–water partition coefficient (Wildman–Crippen LogP) is 4.28. The number of carbonyl (C=O) groups excluding carboxylic acids is 1. The van der Waals surface area contributed by atoms with Crippen molar-refractivity contribution in [2.45, 2.75) is 32.2 Å². The minimum absolute atomic E-state index is 0.412. The molecule has 0 bridgehead atoms. The van der Waals surface area contributed by atoms with Gasteiger partial charge in [-0.3, -0.25) is 4.79 Å². The summed E-state index contributed by atoms with van der Waals surface area (Å²) in [4.78, 5) is 23.6. The Kier molecular flexibility index (Phi) is 5.05. The number of carbonyl (C=O) groups is 2. The van der Waals surface area contributed by atoms with E-state index in [0.717, 1.165) is 53.1 Å². The number of nitrogens with two attached hydrogens (primary N) is 1. The third-order valence-corrected chi connectivity index (χ3v) is 6.24. The largest absolute Gasteiger partial charge is 0.481 e. The third-order valence-electron chi connectivity index (χ3n) is 6.24. The summed E-state index contributed by atoms with van der Waals surface area (Å²) in [6, 6.07) is 17.7. The number of ether oxygens (including phenoxy) is 1. The van der Waals surface area contributed by atoms with Gasteiger partial charge in [-0.1, -0.05) is 36.4 Å². The number of hydrogen-bond donors (Lipinski definition) is 2. The fourth-order valence-electron chi connectivity index (χ4n) is 4.93. The number of rotatable bonds is 6. The van der Waals surface area contributed by atoms with Crippen molar-refractivity contribution >= 4 is 33.7 Å². The number of nitrogens with zero attached hydrogens (tertiary/aromatic N) is 1. The number of amides is 1. The van der Waals surface area contributed by atoms with Gasteiger partial charge in [0.1, 0.15) is 5.75 Å². The number of fused-ring (bicyclic) bond motifs is 5. The number of carboxylic acid groups (broad SMARTS) is 1. The second kappa shape index (κ2) is 8.04. The summed E-state index contributed by atoms with van der Waals surface area (Å²) >= 11 is 0. The van der Waals surface area contributed by atoms with Crippen LogP contribution in [0, 0.1) is 0 Å². The summed E-state index contributed by atoms with van der Waals surface area (Å²) in [5.74, 6) is -1.07. The lowest BCUT2D eigenvalue weighted by Crippen LogP contribution is -2.12. The molecule has 3 aromatic carbocycles.